The number of nitrogens with one attached hydrogen (secondary N) is 1. The molecule has 2 aliphatic heterocycles. The highest BCUT2D eigenvalue weighted by atomic mass is 35.5. The lowest BCUT2D eigenvalue weighted by Crippen LogP contribution is -2.38. The van der Waals surface area contributed by atoms with Crippen LogP contribution in [0.2, 0.25) is 0 Å². The highest BCUT2D eigenvalue weighted by Crippen LogP contribution is 2.34. The third kappa shape index (κ3) is 3.40. The van der Waals surface area contributed by atoms with Crippen molar-refractivity contribution in [2.45, 2.75) is 42.5 Å². The smallest absolute Gasteiger partial charge is 0.252 e. The van der Waals surface area contributed by atoms with Gasteiger partial charge in [-0.3, -0.25) is 0 Å². The Labute approximate surface area is 156 Å². The highest BCUT2D eigenvalue weighted by molar-refractivity contribution is 7.91. The van der Waals surface area contributed by atoms with Crippen LogP contribution in [0.1, 0.15) is 24.3 Å². The third-order valence-corrected chi connectivity index (χ3v) is 8.75. The molecule has 0 radical (unpaired) electrons. The Morgan fingerprint density at radius 3 is 2.79 bits per heavy atom. The van der Waals surface area contributed by atoms with E-state index < -0.39 is 10.0 Å². The molecule has 24 heavy (non-hydrogen) atoms. The number of thiazole rings is 1. The standard InChI is InChI=1S/C15H19N3O2S3.ClH/c1-10-16-13(9-21-10)14-4-5-15(22-14)23(19,20)18-7-6-11-2-3-12(8-18)17-11;/h4-5,9,11-12,17H,2-3,6-8H2,1H3;1H. The maximum absolute atomic E-state index is 13.0. The largest absolute Gasteiger partial charge is 0.310 e. The van der Waals surface area contributed by atoms with Gasteiger partial charge in [0.25, 0.3) is 10.0 Å². The van der Waals surface area contributed by atoms with Crippen LogP contribution < -0.4 is 5.32 Å². The van der Waals surface area contributed by atoms with Crippen molar-refractivity contribution in [3.63, 3.8) is 0 Å². The molecule has 132 valence electrons. The van der Waals surface area contributed by atoms with Crippen LogP contribution >= 0.6 is 35.1 Å². The van der Waals surface area contributed by atoms with Crippen LogP contribution in [0.15, 0.2) is 21.7 Å². The van der Waals surface area contributed by atoms with E-state index in [0.29, 0.717) is 29.4 Å². The molecule has 0 saturated carbocycles. The molecule has 0 aliphatic carbocycles. The summed E-state index contributed by atoms with van der Waals surface area (Å²) >= 11 is 2.90. The van der Waals surface area contributed by atoms with Gasteiger partial charge >= 0.3 is 0 Å². The second kappa shape index (κ2) is 7.01. The quantitative estimate of drug-likeness (QED) is 0.852. The van der Waals surface area contributed by atoms with Gasteiger partial charge < -0.3 is 5.32 Å². The van der Waals surface area contributed by atoms with Gasteiger partial charge in [0.05, 0.1) is 15.6 Å². The molecule has 2 atom stereocenters. The summed E-state index contributed by atoms with van der Waals surface area (Å²) in [5.74, 6) is 0. The average Bonchev–Trinajstić information content (AvgIpc) is 3.18. The zero-order valence-corrected chi connectivity index (χ0v) is 16.5. The van der Waals surface area contributed by atoms with E-state index >= 15 is 0 Å². The Morgan fingerprint density at radius 1 is 1.25 bits per heavy atom. The maximum atomic E-state index is 13.0. The summed E-state index contributed by atoms with van der Waals surface area (Å²) in [6.07, 6.45) is 3.15. The van der Waals surface area contributed by atoms with Crippen LogP contribution in [0.25, 0.3) is 10.6 Å². The van der Waals surface area contributed by atoms with Gasteiger partial charge in [-0.1, -0.05) is 0 Å². The molecule has 5 nitrogen and oxygen atoms in total. The lowest BCUT2D eigenvalue weighted by Gasteiger charge is -2.22. The number of halogens is 1. The Hall–Kier alpha value is -0.510. The zero-order chi connectivity index (χ0) is 16.0. The van der Waals surface area contributed by atoms with E-state index in [2.05, 4.69) is 10.3 Å². The summed E-state index contributed by atoms with van der Waals surface area (Å²) in [4.78, 5) is 5.36. The fourth-order valence-corrected chi connectivity index (χ4v) is 6.94. The molecule has 1 N–H and O–H groups in total. The number of hydrogen-bond acceptors (Lipinski definition) is 6. The SMILES string of the molecule is Cc1nc(-c2ccc(S(=O)(=O)N3CCC4CCC(C3)N4)s2)cs1.Cl. The Bertz CT molecular complexity index is 818. The first kappa shape index (κ1) is 18.3. The number of aromatic nitrogens is 1. The van der Waals surface area contributed by atoms with Crippen LogP contribution in [0.4, 0.5) is 0 Å². The highest BCUT2D eigenvalue weighted by Gasteiger charge is 2.35. The predicted octanol–water partition coefficient (Wildman–Crippen LogP) is 3.12. The van der Waals surface area contributed by atoms with E-state index in [0.717, 1.165) is 28.4 Å². The topological polar surface area (TPSA) is 62.3 Å². The first-order valence-electron chi connectivity index (χ1n) is 7.81. The van der Waals surface area contributed by atoms with E-state index in [1.54, 1.807) is 21.7 Å². The van der Waals surface area contributed by atoms with E-state index in [1.807, 2.05) is 18.4 Å². The average molecular weight is 406 g/mol. The molecule has 4 heterocycles. The lowest BCUT2D eigenvalue weighted by molar-refractivity contribution is 0.384. The van der Waals surface area contributed by atoms with Crippen LogP contribution in [-0.4, -0.2) is 42.9 Å². The molecule has 2 bridgehead atoms. The van der Waals surface area contributed by atoms with Crippen molar-refractivity contribution in [1.29, 1.82) is 0 Å². The minimum atomic E-state index is -3.40. The normalized spacial score (nSPS) is 24.5. The molecule has 0 spiro atoms. The summed E-state index contributed by atoms with van der Waals surface area (Å²) in [6, 6.07) is 4.38. The molecule has 0 amide bonds. The molecule has 2 fully saturated rings. The molecular formula is C15H20ClN3O2S3. The molecule has 2 aromatic rings. The number of fused-ring (bicyclic) bond motifs is 2. The lowest BCUT2D eigenvalue weighted by atomic mass is 10.1. The molecule has 2 aromatic heterocycles. The van der Waals surface area contributed by atoms with Crippen LogP contribution in [0.3, 0.4) is 0 Å². The van der Waals surface area contributed by atoms with Gasteiger partial charge in [0.2, 0.25) is 0 Å². The summed E-state index contributed by atoms with van der Waals surface area (Å²) in [5, 5.41) is 6.50. The minimum absolute atomic E-state index is 0. The van der Waals surface area contributed by atoms with Crippen molar-refractivity contribution in [3.8, 4) is 10.6 Å². The first-order valence-corrected chi connectivity index (χ1v) is 10.9. The van der Waals surface area contributed by atoms with Crippen molar-refractivity contribution >= 4 is 45.1 Å². The van der Waals surface area contributed by atoms with Gasteiger partial charge in [0.1, 0.15) is 4.21 Å². The molecule has 0 aromatic carbocycles. The van der Waals surface area contributed by atoms with E-state index in [9.17, 15) is 8.42 Å². The van der Waals surface area contributed by atoms with Crippen molar-refractivity contribution in [3.05, 3.63) is 22.5 Å². The second-order valence-electron chi connectivity index (χ2n) is 6.16. The summed E-state index contributed by atoms with van der Waals surface area (Å²) in [7, 11) is -3.40. The van der Waals surface area contributed by atoms with E-state index in [-0.39, 0.29) is 12.4 Å². The second-order valence-corrected chi connectivity index (χ2v) is 10.5. The van der Waals surface area contributed by atoms with Crippen molar-refractivity contribution in [2.75, 3.05) is 13.1 Å². The number of thiophene rings is 1. The van der Waals surface area contributed by atoms with Gasteiger partial charge in [0.15, 0.2) is 0 Å². The Balaban J connectivity index is 0.00000169. The fraction of sp³-hybridized carbons (Fsp3) is 0.533. The Kier molecular flexibility index (Phi) is 5.34. The molecular weight excluding hydrogens is 386 g/mol. The molecule has 4 rings (SSSR count). The van der Waals surface area contributed by atoms with Crippen molar-refractivity contribution in [1.82, 2.24) is 14.6 Å². The van der Waals surface area contributed by atoms with Crippen LogP contribution in [-0.2, 0) is 10.0 Å². The monoisotopic (exact) mass is 405 g/mol. The van der Waals surface area contributed by atoms with Gasteiger partial charge in [-0.05, 0) is 38.3 Å². The number of nitrogens with zero attached hydrogens (tertiary/aromatic N) is 2. The minimum Gasteiger partial charge on any atom is -0.310 e. The summed E-state index contributed by atoms with van der Waals surface area (Å²) in [6.45, 7) is 3.15. The van der Waals surface area contributed by atoms with Gasteiger partial charge in [0, 0.05) is 30.6 Å². The van der Waals surface area contributed by atoms with Gasteiger partial charge in [-0.25, -0.2) is 13.4 Å². The molecule has 9 heteroatoms. The van der Waals surface area contributed by atoms with Gasteiger partial charge in [-0.2, -0.15) is 4.31 Å². The number of aryl methyl sites for hydroxylation is 1. The fourth-order valence-electron chi connectivity index (χ4n) is 3.33. The van der Waals surface area contributed by atoms with Crippen molar-refractivity contribution in [2.24, 2.45) is 0 Å². The van der Waals surface area contributed by atoms with E-state index in [1.165, 1.54) is 17.8 Å². The van der Waals surface area contributed by atoms with E-state index in [4.69, 9.17) is 0 Å². The number of rotatable bonds is 3. The van der Waals surface area contributed by atoms with Crippen LogP contribution in [0.5, 0.6) is 0 Å². The summed E-state index contributed by atoms with van der Waals surface area (Å²) < 4.78 is 28.0. The number of sulfonamides is 1. The first-order chi connectivity index (χ1) is 11.0. The molecule has 2 saturated heterocycles. The maximum Gasteiger partial charge on any atom is 0.252 e. The van der Waals surface area contributed by atoms with Gasteiger partial charge in [-0.15, -0.1) is 35.1 Å². The third-order valence-electron chi connectivity index (χ3n) is 4.53. The van der Waals surface area contributed by atoms with Crippen molar-refractivity contribution < 1.29 is 8.42 Å². The van der Waals surface area contributed by atoms with Crippen LogP contribution in [0, 0.1) is 6.92 Å². The summed E-state index contributed by atoms with van der Waals surface area (Å²) in [5.41, 5.74) is 0.871. The molecule has 2 unspecified atom stereocenters. The Morgan fingerprint density at radius 2 is 2.04 bits per heavy atom. The zero-order valence-electron chi connectivity index (χ0n) is 13.3. The molecule has 2 aliphatic rings. The number of hydrogen-bond donors (Lipinski definition) is 1. The predicted molar refractivity (Wildman–Crippen MR) is 101 cm³/mol.